The summed E-state index contributed by atoms with van der Waals surface area (Å²) in [6, 6.07) is 0.286. The summed E-state index contributed by atoms with van der Waals surface area (Å²) in [5.74, 6) is -0.0177. The van der Waals surface area contributed by atoms with Crippen LogP contribution in [-0.2, 0) is 25.4 Å². The van der Waals surface area contributed by atoms with E-state index in [0.717, 1.165) is 42.4 Å². The maximum absolute atomic E-state index is 13.0. The molecular formula is C18H23N5O3. The molecule has 0 radical (unpaired) electrons. The highest BCUT2D eigenvalue weighted by Gasteiger charge is 2.35. The van der Waals surface area contributed by atoms with Crippen molar-refractivity contribution in [1.82, 2.24) is 23.6 Å². The van der Waals surface area contributed by atoms with Crippen LogP contribution < -0.4 is 11.2 Å². The summed E-state index contributed by atoms with van der Waals surface area (Å²) in [4.78, 5) is 43.7. The fourth-order valence-corrected chi connectivity index (χ4v) is 3.71. The largest absolute Gasteiger partial charge is 0.332 e. The quantitative estimate of drug-likeness (QED) is 0.813. The highest BCUT2D eigenvalue weighted by atomic mass is 16.2. The number of carbonyl (C=O) groups is 1. The number of rotatable bonds is 4. The minimum atomic E-state index is -0.428. The zero-order chi connectivity index (χ0) is 18.4. The number of allylic oxidation sites excluding steroid dienone is 2. The van der Waals surface area contributed by atoms with Crippen LogP contribution in [0.2, 0.25) is 0 Å². The lowest BCUT2D eigenvalue weighted by atomic mass is 10.0. The molecular weight excluding hydrogens is 334 g/mol. The van der Waals surface area contributed by atoms with Crippen LogP contribution in [0.15, 0.2) is 27.7 Å². The van der Waals surface area contributed by atoms with Crippen molar-refractivity contribution in [3.63, 3.8) is 0 Å². The van der Waals surface area contributed by atoms with Gasteiger partial charge in [0.15, 0.2) is 11.2 Å². The van der Waals surface area contributed by atoms with Gasteiger partial charge in [-0.2, -0.15) is 0 Å². The fraction of sp³-hybridized carbons (Fsp3) is 0.556. The zero-order valence-electron chi connectivity index (χ0n) is 15.1. The third kappa shape index (κ3) is 2.69. The molecule has 0 spiro atoms. The Morgan fingerprint density at radius 1 is 1.23 bits per heavy atom. The molecule has 138 valence electrons. The van der Waals surface area contributed by atoms with E-state index in [1.165, 1.54) is 24.4 Å². The molecule has 1 amide bonds. The van der Waals surface area contributed by atoms with E-state index in [2.05, 4.69) is 11.1 Å². The standard InChI is InChI=1S/C18H23N5O3/c1-20-16-15(17(25)21(2)18(20)26)22(11-19-16)10-14(24)23(13-8-9-13)12-6-4-3-5-7-12/h6,11,13H,3-5,7-10H2,1-2H3. The fourth-order valence-electron chi connectivity index (χ4n) is 3.71. The Hall–Kier alpha value is -2.64. The van der Waals surface area contributed by atoms with Crippen LogP contribution in [0.1, 0.15) is 38.5 Å². The van der Waals surface area contributed by atoms with E-state index in [1.807, 2.05) is 4.90 Å². The third-order valence-corrected chi connectivity index (χ3v) is 5.28. The van der Waals surface area contributed by atoms with Gasteiger partial charge in [-0.25, -0.2) is 9.78 Å². The first kappa shape index (κ1) is 16.8. The van der Waals surface area contributed by atoms with Crippen LogP contribution in [0.3, 0.4) is 0 Å². The molecule has 8 heteroatoms. The summed E-state index contributed by atoms with van der Waals surface area (Å²) in [6.07, 6.45) is 9.95. The van der Waals surface area contributed by atoms with Gasteiger partial charge in [0.1, 0.15) is 6.54 Å². The number of nitrogens with zero attached hydrogens (tertiary/aromatic N) is 5. The Kier molecular flexibility index (Phi) is 4.05. The van der Waals surface area contributed by atoms with Gasteiger partial charge in [0.25, 0.3) is 5.56 Å². The molecule has 26 heavy (non-hydrogen) atoms. The molecule has 0 saturated heterocycles. The number of aromatic nitrogens is 4. The first-order chi connectivity index (χ1) is 12.5. The van der Waals surface area contributed by atoms with Gasteiger partial charge >= 0.3 is 5.69 Å². The summed E-state index contributed by atoms with van der Waals surface area (Å²) in [5.41, 5.74) is 0.861. The number of fused-ring (bicyclic) bond motifs is 1. The topological polar surface area (TPSA) is 82.1 Å². The highest BCUT2D eigenvalue weighted by molar-refractivity contribution is 5.81. The van der Waals surface area contributed by atoms with E-state index >= 15 is 0 Å². The van der Waals surface area contributed by atoms with Gasteiger partial charge in [0.2, 0.25) is 5.91 Å². The molecule has 1 fully saturated rings. The van der Waals surface area contributed by atoms with Crippen LogP contribution in [0.5, 0.6) is 0 Å². The lowest BCUT2D eigenvalue weighted by Crippen LogP contribution is -2.39. The molecule has 2 aromatic heterocycles. The highest BCUT2D eigenvalue weighted by Crippen LogP contribution is 2.34. The van der Waals surface area contributed by atoms with E-state index in [-0.39, 0.29) is 24.0 Å². The molecule has 0 atom stereocenters. The maximum Gasteiger partial charge on any atom is 0.332 e. The zero-order valence-corrected chi connectivity index (χ0v) is 15.1. The molecule has 0 unspecified atom stereocenters. The number of aryl methyl sites for hydroxylation is 1. The number of carbonyl (C=O) groups excluding carboxylic acids is 1. The van der Waals surface area contributed by atoms with Crippen LogP contribution in [0.4, 0.5) is 0 Å². The Morgan fingerprint density at radius 3 is 2.65 bits per heavy atom. The van der Waals surface area contributed by atoms with Crippen LogP contribution in [-0.4, -0.2) is 35.5 Å². The Labute approximate surface area is 150 Å². The SMILES string of the molecule is Cn1c(=O)c2c(ncn2CC(=O)N(C2=CCCCC2)C2CC2)n(C)c1=O. The van der Waals surface area contributed by atoms with Crippen molar-refractivity contribution in [2.24, 2.45) is 14.1 Å². The van der Waals surface area contributed by atoms with Crippen molar-refractivity contribution in [3.05, 3.63) is 38.9 Å². The number of hydrogen-bond acceptors (Lipinski definition) is 4. The second-order valence-electron chi connectivity index (χ2n) is 7.19. The average molecular weight is 357 g/mol. The molecule has 0 bridgehead atoms. The summed E-state index contributed by atoms with van der Waals surface area (Å²) < 4.78 is 3.95. The minimum absolute atomic E-state index is 0.0177. The van der Waals surface area contributed by atoms with E-state index in [4.69, 9.17) is 0 Å². The normalized spacial score (nSPS) is 17.4. The molecule has 2 aliphatic rings. The summed E-state index contributed by atoms with van der Waals surface area (Å²) in [6.45, 7) is 0.0534. The summed E-state index contributed by atoms with van der Waals surface area (Å²) >= 11 is 0. The third-order valence-electron chi connectivity index (χ3n) is 5.28. The van der Waals surface area contributed by atoms with Gasteiger partial charge in [-0.05, 0) is 38.5 Å². The van der Waals surface area contributed by atoms with Crippen molar-refractivity contribution in [2.75, 3.05) is 0 Å². The number of imidazole rings is 1. The van der Waals surface area contributed by atoms with Crippen molar-refractivity contribution in [1.29, 1.82) is 0 Å². The smallest absolute Gasteiger partial charge is 0.315 e. The monoisotopic (exact) mass is 357 g/mol. The molecule has 1 saturated carbocycles. The lowest BCUT2D eigenvalue weighted by molar-refractivity contribution is -0.130. The maximum atomic E-state index is 13.0. The Balaban J connectivity index is 1.70. The summed E-state index contributed by atoms with van der Waals surface area (Å²) in [7, 11) is 3.01. The molecule has 2 aromatic rings. The number of hydrogen-bond donors (Lipinski definition) is 0. The molecule has 2 heterocycles. The molecule has 0 aliphatic heterocycles. The first-order valence-corrected chi connectivity index (χ1v) is 9.11. The Bertz CT molecular complexity index is 1020. The van der Waals surface area contributed by atoms with E-state index < -0.39 is 11.2 Å². The van der Waals surface area contributed by atoms with Crippen LogP contribution in [0.25, 0.3) is 11.2 Å². The second-order valence-corrected chi connectivity index (χ2v) is 7.19. The second kappa shape index (κ2) is 6.26. The number of amides is 1. The van der Waals surface area contributed by atoms with Crippen LogP contribution in [0, 0.1) is 0 Å². The van der Waals surface area contributed by atoms with Crippen molar-refractivity contribution in [3.8, 4) is 0 Å². The van der Waals surface area contributed by atoms with Crippen LogP contribution >= 0.6 is 0 Å². The Morgan fingerprint density at radius 2 is 2.00 bits per heavy atom. The van der Waals surface area contributed by atoms with E-state index in [0.29, 0.717) is 5.65 Å². The average Bonchev–Trinajstić information content (AvgIpc) is 3.38. The van der Waals surface area contributed by atoms with Crippen molar-refractivity contribution < 1.29 is 4.79 Å². The summed E-state index contributed by atoms with van der Waals surface area (Å²) in [5, 5.41) is 0. The minimum Gasteiger partial charge on any atom is -0.315 e. The van der Waals surface area contributed by atoms with Gasteiger partial charge < -0.3 is 9.47 Å². The van der Waals surface area contributed by atoms with E-state index in [9.17, 15) is 14.4 Å². The van der Waals surface area contributed by atoms with Gasteiger partial charge in [0, 0.05) is 25.8 Å². The lowest BCUT2D eigenvalue weighted by Gasteiger charge is -2.28. The van der Waals surface area contributed by atoms with Crippen molar-refractivity contribution in [2.45, 2.75) is 51.1 Å². The van der Waals surface area contributed by atoms with Crippen molar-refractivity contribution >= 4 is 17.1 Å². The predicted molar refractivity (Wildman–Crippen MR) is 96.6 cm³/mol. The van der Waals surface area contributed by atoms with Gasteiger partial charge in [-0.15, -0.1) is 0 Å². The van der Waals surface area contributed by atoms with Gasteiger partial charge in [-0.1, -0.05) is 6.08 Å². The molecule has 4 rings (SSSR count). The first-order valence-electron chi connectivity index (χ1n) is 9.11. The van der Waals surface area contributed by atoms with E-state index in [1.54, 1.807) is 11.6 Å². The van der Waals surface area contributed by atoms with Gasteiger partial charge in [0.05, 0.1) is 6.33 Å². The molecule has 2 aliphatic carbocycles. The molecule has 8 nitrogen and oxygen atoms in total. The van der Waals surface area contributed by atoms with Gasteiger partial charge in [-0.3, -0.25) is 18.7 Å². The molecule has 0 N–H and O–H groups in total. The predicted octanol–water partition coefficient (Wildman–Crippen LogP) is 0.883. The molecule has 0 aromatic carbocycles.